The summed E-state index contributed by atoms with van der Waals surface area (Å²) >= 11 is 6.14. The van der Waals surface area contributed by atoms with Crippen LogP contribution in [0, 0.1) is 5.82 Å². The van der Waals surface area contributed by atoms with Gasteiger partial charge in [0.1, 0.15) is 11.6 Å². The van der Waals surface area contributed by atoms with Crippen LogP contribution in [0.15, 0.2) is 78.9 Å². The highest BCUT2D eigenvalue weighted by Gasteiger charge is 2.17. The number of imidazole rings is 1. The number of hydrogen-bond donors (Lipinski definition) is 1. The van der Waals surface area contributed by atoms with Crippen LogP contribution in [0.3, 0.4) is 0 Å². The monoisotopic (exact) mass is 348 g/mol. The third-order valence-corrected chi connectivity index (χ3v) is 4.23. The Hall–Kier alpha value is -2.91. The Labute approximate surface area is 150 Å². The van der Waals surface area contributed by atoms with Gasteiger partial charge in [0.2, 0.25) is 0 Å². The molecular weight excluding hydrogens is 335 g/mol. The Kier molecular flexibility index (Phi) is 4.08. The third kappa shape index (κ3) is 3.06. The predicted octanol–water partition coefficient (Wildman–Crippen LogP) is 6.20. The van der Waals surface area contributed by atoms with Gasteiger partial charge in [-0.05, 0) is 24.3 Å². The zero-order chi connectivity index (χ0) is 17.2. The number of rotatable bonds is 3. The predicted molar refractivity (Wildman–Crippen MR) is 99.9 cm³/mol. The minimum atomic E-state index is -0.312. The minimum absolute atomic E-state index is 0.312. The quantitative estimate of drug-likeness (QED) is 0.469. The summed E-state index contributed by atoms with van der Waals surface area (Å²) in [7, 11) is 0. The molecule has 1 aromatic heterocycles. The molecule has 0 spiro atoms. The number of nitrogens with one attached hydrogen (secondary N) is 1. The lowest BCUT2D eigenvalue weighted by molar-refractivity contribution is 0.630. The van der Waals surface area contributed by atoms with Gasteiger partial charge in [0.05, 0.1) is 17.0 Å². The van der Waals surface area contributed by atoms with Crippen LogP contribution < -0.4 is 0 Å². The molecule has 4 heteroatoms. The van der Waals surface area contributed by atoms with Gasteiger partial charge >= 0.3 is 0 Å². The second kappa shape index (κ2) is 6.54. The van der Waals surface area contributed by atoms with Crippen molar-refractivity contribution >= 4 is 11.6 Å². The van der Waals surface area contributed by atoms with E-state index in [4.69, 9.17) is 11.6 Å². The van der Waals surface area contributed by atoms with Crippen molar-refractivity contribution < 1.29 is 4.39 Å². The molecule has 0 atom stereocenters. The summed E-state index contributed by atoms with van der Waals surface area (Å²) in [5.41, 5.74) is 3.87. The van der Waals surface area contributed by atoms with E-state index in [2.05, 4.69) is 9.97 Å². The van der Waals surface area contributed by atoms with Crippen LogP contribution in [0.5, 0.6) is 0 Å². The molecule has 122 valence electrons. The molecule has 0 aliphatic rings. The van der Waals surface area contributed by atoms with Gasteiger partial charge in [0.25, 0.3) is 0 Å². The van der Waals surface area contributed by atoms with Gasteiger partial charge in [0.15, 0.2) is 0 Å². The maximum atomic E-state index is 14.2. The molecule has 0 radical (unpaired) electrons. The van der Waals surface area contributed by atoms with E-state index in [9.17, 15) is 4.39 Å². The molecule has 0 amide bonds. The van der Waals surface area contributed by atoms with Crippen molar-refractivity contribution in [2.45, 2.75) is 0 Å². The number of benzene rings is 3. The summed E-state index contributed by atoms with van der Waals surface area (Å²) in [5.74, 6) is 0.181. The van der Waals surface area contributed by atoms with E-state index in [0.29, 0.717) is 16.4 Å². The zero-order valence-electron chi connectivity index (χ0n) is 13.2. The topological polar surface area (TPSA) is 28.7 Å². The molecule has 0 aliphatic carbocycles. The minimum Gasteiger partial charge on any atom is -0.337 e. The molecule has 2 nitrogen and oxygen atoms in total. The number of halogens is 2. The molecule has 1 N–H and O–H groups in total. The van der Waals surface area contributed by atoms with E-state index in [1.807, 2.05) is 54.6 Å². The van der Waals surface area contributed by atoms with Gasteiger partial charge in [-0.15, -0.1) is 0 Å². The Balaban J connectivity index is 1.94. The first-order valence-electron chi connectivity index (χ1n) is 7.88. The van der Waals surface area contributed by atoms with E-state index < -0.39 is 0 Å². The largest absolute Gasteiger partial charge is 0.337 e. The number of hydrogen-bond acceptors (Lipinski definition) is 1. The summed E-state index contributed by atoms with van der Waals surface area (Å²) in [6.45, 7) is 0. The highest BCUT2D eigenvalue weighted by Crippen LogP contribution is 2.34. The van der Waals surface area contributed by atoms with E-state index in [-0.39, 0.29) is 5.82 Å². The molecule has 3 aromatic carbocycles. The fraction of sp³-hybridized carbons (Fsp3) is 0. The second-order valence-corrected chi connectivity index (χ2v) is 6.10. The van der Waals surface area contributed by atoms with Crippen molar-refractivity contribution in [1.29, 1.82) is 0 Å². The molecule has 4 aromatic rings. The number of nitrogens with zero attached hydrogens (tertiary/aromatic N) is 1. The lowest BCUT2D eigenvalue weighted by atomic mass is 10.1. The first kappa shape index (κ1) is 15.6. The molecule has 0 unspecified atom stereocenters. The van der Waals surface area contributed by atoms with Crippen LogP contribution in [0.1, 0.15) is 0 Å². The Morgan fingerprint density at radius 3 is 2.28 bits per heavy atom. The van der Waals surface area contributed by atoms with Gasteiger partial charge in [-0.3, -0.25) is 0 Å². The SMILES string of the molecule is Fc1ccccc1-c1nc(-c2cccc(Cl)c2)c(-c2ccccc2)[nH]1. The summed E-state index contributed by atoms with van der Waals surface area (Å²) in [5, 5.41) is 0.631. The molecule has 0 saturated heterocycles. The van der Waals surface area contributed by atoms with Crippen molar-refractivity contribution in [2.24, 2.45) is 0 Å². The van der Waals surface area contributed by atoms with Crippen LogP contribution in [0.25, 0.3) is 33.9 Å². The summed E-state index contributed by atoms with van der Waals surface area (Å²) < 4.78 is 14.2. The van der Waals surface area contributed by atoms with E-state index >= 15 is 0 Å². The van der Waals surface area contributed by atoms with Gasteiger partial charge in [0, 0.05) is 16.1 Å². The highest BCUT2D eigenvalue weighted by atomic mass is 35.5. The Morgan fingerprint density at radius 2 is 1.52 bits per heavy atom. The molecule has 1 heterocycles. The van der Waals surface area contributed by atoms with Crippen LogP contribution in [-0.4, -0.2) is 9.97 Å². The smallest absolute Gasteiger partial charge is 0.141 e. The lowest BCUT2D eigenvalue weighted by Gasteiger charge is -2.03. The van der Waals surface area contributed by atoms with Gasteiger partial charge < -0.3 is 4.98 Å². The van der Waals surface area contributed by atoms with E-state index in [0.717, 1.165) is 22.5 Å². The third-order valence-electron chi connectivity index (χ3n) is 3.99. The van der Waals surface area contributed by atoms with Crippen molar-refractivity contribution in [1.82, 2.24) is 9.97 Å². The van der Waals surface area contributed by atoms with Crippen LogP contribution in [0.2, 0.25) is 5.02 Å². The maximum Gasteiger partial charge on any atom is 0.141 e. The maximum absolute atomic E-state index is 14.2. The molecule has 0 saturated carbocycles. The van der Waals surface area contributed by atoms with Crippen molar-refractivity contribution in [3.8, 4) is 33.9 Å². The number of aromatic amines is 1. The van der Waals surface area contributed by atoms with Crippen LogP contribution in [0.4, 0.5) is 4.39 Å². The summed E-state index contributed by atoms with van der Waals surface area (Å²) in [6, 6.07) is 24.0. The number of H-pyrrole nitrogens is 1. The molecule has 25 heavy (non-hydrogen) atoms. The average Bonchev–Trinajstić information content (AvgIpc) is 3.08. The summed E-state index contributed by atoms with van der Waals surface area (Å²) in [4.78, 5) is 7.95. The Morgan fingerprint density at radius 1 is 0.800 bits per heavy atom. The van der Waals surface area contributed by atoms with E-state index in [1.165, 1.54) is 6.07 Å². The second-order valence-electron chi connectivity index (χ2n) is 5.67. The van der Waals surface area contributed by atoms with Gasteiger partial charge in [-0.1, -0.05) is 66.2 Å². The molecule has 0 bridgehead atoms. The summed E-state index contributed by atoms with van der Waals surface area (Å²) in [6.07, 6.45) is 0. The van der Waals surface area contributed by atoms with Gasteiger partial charge in [-0.25, -0.2) is 9.37 Å². The van der Waals surface area contributed by atoms with Crippen molar-refractivity contribution in [3.63, 3.8) is 0 Å². The normalized spacial score (nSPS) is 10.8. The van der Waals surface area contributed by atoms with Crippen LogP contribution in [-0.2, 0) is 0 Å². The zero-order valence-corrected chi connectivity index (χ0v) is 14.0. The fourth-order valence-corrected chi connectivity index (χ4v) is 3.00. The fourth-order valence-electron chi connectivity index (χ4n) is 2.81. The highest BCUT2D eigenvalue weighted by molar-refractivity contribution is 6.30. The van der Waals surface area contributed by atoms with E-state index in [1.54, 1.807) is 18.2 Å². The molecule has 0 fully saturated rings. The van der Waals surface area contributed by atoms with Crippen LogP contribution >= 0.6 is 11.6 Å². The first-order chi connectivity index (χ1) is 12.2. The van der Waals surface area contributed by atoms with Gasteiger partial charge in [-0.2, -0.15) is 0 Å². The van der Waals surface area contributed by atoms with Crippen molar-refractivity contribution in [3.05, 3.63) is 89.7 Å². The lowest BCUT2D eigenvalue weighted by Crippen LogP contribution is -1.85. The first-order valence-corrected chi connectivity index (χ1v) is 8.26. The van der Waals surface area contributed by atoms with Crippen molar-refractivity contribution in [2.75, 3.05) is 0 Å². The standard InChI is InChI=1S/C21H14ClFN2/c22-16-10-6-9-15(13-16)20-19(14-7-2-1-3-8-14)24-21(25-20)17-11-4-5-12-18(17)23/h1-13H,(H,24,25). The molecular formula is C21H14ClFN2. The molecule has 0 aliphatic heterocycles. The average molecular weight is 349 g/mol. The molecule has 4 rings (SSSR count). The Bertz CT molecular complexity index is 1030. The number of aromatic nitrogens is 2.